The van der Waals surface area contributed by atoms with Crippen molar-refractivity contribution < 1.29 is 38.6 Å². The molecule has 2 amide bonds. The fourth-order valence-corrected chi connectivity index (χ4v) is 10.0. The van der Waals surface area contributed by atoms with E-state index in [2.05, 4.69) is 20.4 Å². The van der Waals surface area contributed by atoms with Gasteiger partial charge in [-0.25, -0.2) is 9.59 Å². The van der Waals surface area contributed by atoms with Gasteiger partial charge in [0.25, 0.3) is 0 Å². The topological polar surface area (TPSA) is 170 Å². The number of aryl methyl sites for hydroxylation is 2. The zero-order valence-corrected chi connectivity index (χ0v) is 46.8. The van der Waals surface area contributed by atoms with Crippen molar-refractivity contribution in [1.82, 2.24) is 30.2 Å². The normalized spacial score (nSPS) is 21.0. The number of nitrogens with zero attached hydrogens (tertiary/aromatic N) is 6. The van der Waals surface area contributed by atoms with E-state index in [1.807, 2.05) is 183 Å². The molecule has 5 heterocycles. The van der Waals surface area contributed by atoms with Crippen LogP contribution in [0.25, 0.3) is 11.3 Å². The maximum absolute atomic E-state index is 13.3. The van der Waals surface area contributed by atoms with E-state index in [9.17, 15) is 19.8 Å². The SMILES string of the molecule is C[C@@H](c1ccc(B2OC(C)(C)C(C)(C)O2)cc1)N1CC[C@](CC(C)(C)O)(c2ccccc2)OC1=O.Cc1ccc(-c2ccc([C@H](C)N3CC[C@](CC(C)(C)O)(c4ccccc4)OC3=O)cc2)nn1.Cc1ccc(Cl)nn1. The molecule has 3 saturated heterocycles. The molecule has 0 saturated carbocycles. The van der Waals surface area contributed by atoms with Gasteiger partial charge in [-0.3, -0.25) is 0 Å². The smallest absolute Gasteiger partial charge is 0.438 e. The van der Waals surface area contributed by atoms with Gasteiger partial charge in [-0.05, 0) is 135 Å². The Morgan fingerprint density at radius 3 is 1.34 bits per heavy atom. The number of hydrogen-bond donors (Lipinski definition) is 2. The molecular formula is C60H74BClN6O8. The van der Waals surface area contributed by atoms with Crippen LogP contribution >= 0.6 is 11.6 Å². The van der Waals surface area contributed by atoms with Gasteiger partial charge in [0.2, 0.25) is 0 Å². The molecule has 402 valence electrons. The van der Waals surface area contributed by atoms with Crippen molar-refractivity contribution in [2.75, 3.05) is 13.1 Å². The summed E-state index contributed by atoms with van der Waals surface area (Å²) in [4.78, 5) is 30.0. The highest BCUT2D eigenvalue weighted by atomic mass is 35.5. The number of rotatable bonds is 12. The summed E-state index contributed by atoms with van der Waals surface area (Å²) in [6, 6.07) is 42.7. The highest BCUT2D eigenvalue weighted by molar-refractivity contribution is 6.62. The zero-order valence-electron chi connectivity index (χ0n) is 46.1. The summed E-state index contributed by atoms with van der Waals surface area (Å²) >= 11 is 5.44. The molecule has 3 aliphatic rings. The summed E-state index contributed by atoms with van der Waals surface area (Å²) in [5.41, 5.74) is 3.93. The number of halogens is 1. The second-order valence-corrected chi connectivity index (χ2v) is 23.0. The van der Waals surface area contributed by atoms with Crippen LogP contribution in [0.3, 0.4) is 0 Å². The predicted molar refractivity (Wildman–Crippen MR) is 297 cm³/mol. The Balaban J connectivity index is 0.000000193. The molecule has 4 aromatic carbocycles. The van der Waals surface area contributed by atoms with Crippen LogP contribution in [0.1, 0.15) is 141 Å². The molecule has 14 nitrogen and oxygen atoms in total. The molecule has 0 unspecified atom stereocenters. The first-order valence-corrected chi connectivity index (χ1v) is 26.4. The Morgan fingerprint density at radius 1 is 0.579 bits per heavy atom. The molecule has 9 rings (SSSR count). The van der Waals surface area contributed by atoms with Crippen molar-refractivity contribution in [3.8, 4) is 11.3 Å². The molecule has 6 aromatic rings. The van der Waals surface area contributed by atoms with E-state index in [4.69, 9.17) is 30.4 Å². The summed E-state index contributed by atoms with van der Waals surface area (Å²) < 4.78 is 24.6. The minimum atomic E-state index is -0.979. The molecule has 76 heavy (non-hydrogen) atoms. The van der Waals surface area contributed by atoms with Crippen LogP contribution in [0.2, 0.25) is 5.15 Å². The van der Waals surface area contributed by atoms with Gasteiger partial charge in [0.05, 0.1) is 51.6 Å². The van der Waals surface area contributed by atoms with E-state index in [-0.39, 0.29) is 24.3 Å². The third kappa shape index (κ3) is 14.0. The third-order valence-corrected chi connectivity index (χ3v) is 14.9. The molecule has 3 aliphatic heterocycles. The Hall–Kier alpha value is -6.23. The lowest BCUT2D eigenvalue weighted by Crippen LogP contribution is -2.51. The second-order valence-electron chi connectivity index (χ2n) is 22.6. The first-order valence-electron chi connectivity index (χ1n) is 26.1. The van der Waals surface area contributed by atoms with E-state index < -0.39 is 40.7 Å². The molecule has 0 aliphatic carbocycles. The summed E-state index contributed by atoms with van der Waals surface area (Å²) in [6.45, 7) is 24.0. The molecule has 2 N–H and O–H groups in total. The van der Waals surface area contributed by atoms with Crippen LogP contribution in [0, 0.1) is 13.8 Å². The van der Waals surface area contributed by atoms with Crippen LogP contribution in [-0.4, -0.2) is 95.2 Å². The number of aliphatic hydroxyl groups is 2. The highest BCUT2D eigenvalue weighted by Crippen LogP contribution is 2.44. The standard InChI is InChI=1S/C28H38BNO5.C27H31N3O3.C5H5ClN2/c1-20(21-13-15-23(16-14-21)29-34-26(4,5)27(6,7)35-29)30-18-17-28(33-24(30)31,19-25(2,3)32)22-11-9-8-10-12-22;1-19-10-15-24(29-28-19)22-13-11-21(12-14-22)20(2)30-17-16-27(33-25(30)31,18-26(3,4)32)23-8-6-5-7-9-23;1-4-2-3-5(6)8-7-4/h8-16,20,32H,17-19H2,1-7H3;5-15,20,32H,16-18H2,1-4H3;2-3H,1H3/t20-,28-;20-,27-;/m00./s1. The zero-order chi connectivity index (χ0) is 55.3. The van der Waals surface area contributed by atoms with E-state index in [1.54, 1.807) is 43.6 Å². The largest absolute Gasteiger partial charge is 0.494 e. The van der Waals surface area contributed by atoms with Gasteiger partial charge in [-0.15, -0.1) is 5.10 Å². The fourth-order valence-electron chi connectivity index (χ4n) is 9.92. The number of amides is 2. The van der Waals surface area contributed by atoms with Gasteiger partial charge in [0, 0.05) is 44.3 Å². The summed E-state index contributed by atoms with van der Waals surface area (Å²) in [7, 11) is -0.419. The number of carbonyl (C=O) groups is 2. The molecule has 0 spiro atoms. The van der Waals surface area contributed by atoms with Gasteiger partial charge in [0.15, 0.2) is 5.15 Å². The summed E-state index contributed by atoms with van der Waals surface area (Å²) in [6.07, 6.45) is 1.14. The van der Waals surface area contributed by atoms with Gasteiger partial charge in [-0.2, -0.15) is 15.3 Å². The average Bonchev–Trinajstić information content (AvgIpc) is 3.60. The predicted octanol–water partition coefficient (Wildman–Crippen LogP) is 11.8. The lowest BCUT2D eigenvalue weighted by Gasteiger charge is -2.45. The number of benzene rings is 4. The first kappa shape index (κ1) is 57.5. The fraction of sp³-hybridized carbons (Fsp3) is 0.433. The Bertz CT molecular complexity index is 2830. The van der Waals surface area contributed by atoms with E-state index in [0.29, 0.717) is 43.9 Å². The van der Waals surface area contributed by atoms with Crippen molar-refractivity contribution in [3.63, 3.8) is 0 Å². The maximum Gasteiger partial charge on any atom is 0.494 e. The van der Waals surface area contributed by atoms with E-state index >= 15 is 0 Å². The van der Waals surface area contributed by atoms with E-state index in [0.717, 1.165) is 50.4 Å². The van der Waals surface area contributed by atoms with Crippen LogP contribution in [0.5, 0.6) is 0 Å². The monoisotopic (exact) mass is 1050 g/mol. The Labute approximate surface area is 454 Å². The van der Waals surface area contributed by atoms with Gasteiger partial charge in [-0.1, -0.05) is 121 Å². The molecule has 16 heteroatoms. The van der Waals surface area contributed by atoms with Crippen molar-refractivity contribution in [3.05, 3.63) is 172 Å². The minimum Gasteiger partial charge on any atom is -0.438 e. The highest BCUT2D eigenvalue weighted by Gasteiger charge is 2.52. The third-order valence-electron chi connectivity index (χ3n) is 14.7. The van der Waals surface area contributed by atoms with Crippen molar-refractivity contribution in [2.45, 2.75) is 154 Å². The van der Waals surface area contributed by atoms with Crippen molar-refractivity contribution >= 4 is 36.4 Å². The van der Waals surface area contributed by atoms with Gasteiger partial charge in [0.1, 0.15) is 11.2 Å². The van der Waals surface area contributed by atoms with Crippen LogP contribution in [0.15, 0.2) is 133 Å². The van der Waals surface area contributed by atoms with Crippen LogP contribution in [0.4, 0.5) is 9.59 Å². The molecular weight excluding hydrogens is 979 g/mol. The number of hydrogen-bond acceptors (Lipinski definition) is 12. The molecule has 4 atom stereocenters. The Morgan fingerprint density at radius 2 is 0.987 bits per heavy atom. The van der Waals surface area contributed by atoms with Gasteiger partial charge >= 0.3 is 19.3 Å². The second kappa shape index (κ2) is 23.2. The first-order chi connectivity index (χ1) is 35.7. The van der Waals surface area contributed by atoms with E-state index in [1.165, 1.54) is 0 Å². The summed E-state index contributed by atoms with van der Waals surface area (Å²) in [5, 5.41) is 37.2. The van der Waals surface area contributed by atoms with Crippen LogP contribution < -0.4 is 5.46 Å². The molecule has 3 fully saturated rings. The molecule has 0 radical (unpaired) electrons. The van der Waals surface area contributed by atoms with Crippen molar-refractivity contribution in [1.29, 1.82) is 0 Å². The maximum atomic E-state index is 13.3. The van der Waals surface area contributed by atoms with Crippen molar-refractivity contribution in [2.24, 2.45) is 0 Å². The summed E-state index contributed by atoms with van der Waals surface area (Å²) in [5.74, 6) is 0. The lowest BCUT2D eigenvalue weighted by atomic mass is 9.78. The number of cyclic esters (lactones) is 2. The lowest BCUT2D eigenvalue weighted by molar-refractivity contribution is -0.102. The number of ether oxygens (including phenoxy) is 2. The molecule has 2 aromatic heterocycles. The quantitative estimate of drug-likeness (QED) is 0.111. The van der Waals surface area contributed by atoms with Gasteiger partial charge < -0.3 is 38.8 Å². The Kier molecular flexibility index (Phi) is 17.5. The average molecular weight is 1050 g/mol. The molecule has 0 bridgehead atoms. The number of carbonyl (C=O) groups excluding carboxylic acids is 2. The van der Waals surface area contributed by atoms with Crippen LogP contribution in [-0.2, 0) is 30.0 Å². The number of aromatic nitrogens is 4. The minimum absolute atomic E-state index is 0.147.